The Morgan fingerprint density at radius 1 is 1.13 bits per heavy atom. The molecule has 1 aromatic heterocycles. The SMILES string of the molecule is C[C@H]1C2=CNN(c3cccnc3)C2=CC2=C1[C@@H](CC(NC(=O)CCc1ccc(O)cc1)c1ccccc1)CC2. The molecule has 2 aromatic carbocycles. The van der Waals surface area contributed by atoms with Crippen LogP contribution in [0.4, 0.5) is 5.69 Å². The van der Waals surface area contributed by atoms with Gasteiger partial charge in [-0.1, -0.05) is 55.0 Å². The van der Waals surface area contributed by atoms with Crippen LogP contribution in [-0.4, -0.2) is 16.0 Å². The second kappa shape index (κ2) is 10.8. The van der Waals surface area contributed by atoms with Crippen LogP contribution in [-0.2, 0) is 11.2 Å². The lowest BCUT2D eigenvalue weighted by Crippen LogP contribution is -2.31. The number of nitrogens with zero attached hydrogens (tertiary/aromatic N) is 2. The number of aromatic hydroxyl groups is 1. The fourth-order valence-electron chi connectivity index (χ4n) is 6.29. The number of hydrogen-bond donors (Lipinski definition) is 3. The van der Waals surface area contributed by atoms with E-state index in [-0.39, 0.29) is 17.7 Å². The molecular weight excluding hydrogens is 484 g/mol. The van der Waals surface area contributed by atoms with Gasteiger partial charge in [-0.3, -0.25) is 14.8 Å². The van der Waals surface area contributed by atoms with Gasteiger partial charge in [-0.25, -0.2) is 0 Å². The number of phenolic OH excluding ortho intramolecular Hbond substituents is 1. The number of pyridine rings is 1. The molecule has 39 heavy (non-hydrogen) atoms. The molecule has 6 rings (SSSR count). The van der Waals surface area contributed by atoms with Gasteiger partial charge in [0.25, 0.3) is 0 Å². The molecule has 1 aliphatic heterocycles. The first kappa shape index (κ1) is 25.0. The summed E-state index contributed by atoms with van der Waals surface area (Å²) < 4.78 is 0. The van der Waals surface area contributed by atoms with E-state index in [0.717, 1.165) is 36.1 Å². The average Bonchev–Trinajstić information content (AvgIpc) is 3.58. The Morgan fingerprint density at radius 3 is 2.72 bits per heavy atom. The van der Waals surface area contributed by atoms with E-state index in [1.54, 1.807) is 18.3 Å². The summed E-state index contributed by atoms with van der Waals surface area (Å²) in [7, 11) is 0. The molecule has 1 unspecified atom stereocenters. The minimum Gasteiger partial charge on any atom is -0.508 e. The first-order valence-corrected chi connectivity index (χ1v) is 13.8. The molecule has 0 radical (unpaired) electrons. The molecule has 3 aromatic rings. The fourth-order valence-corrected chi connectivity index (χ4v) is 6.29. The summed E-state index contributed by atoms with van der Waals surface area (Å²) in [5.41, 5.74) is 12.1. The molecule has 6 heteroatoms. The Morgan fingerprint density at radius 2 is 1.95 bits per heavy atom. The third-order valence-corrected chi connectivity index (χ3v) is 8.24. The highest BCUT2D eigenvalue weighted by Gasteiger charge is 2.39. The zero-order chi connectivity index (χ0) is 26.8. The van der Waals surface area contributed by atoms with E-state index < -0.39 is 0 Å². The van der Waals surface area contributed by atoms with Crippen molar-refractivity contribution in [3.63, 3.8) is 0 Å². The zero-order valence-electron chi connectivity index (χ0n) is 22.2. The molecule has 3 N–H and O–H groups in total. The van der Waals surface area contributed by atoms with E-state index in [9.17, 15) is 9.90 Å². The quantitative estimate of drug-likeness (QED) is 0.335. The molecule has 198 valence electrons. The summed E-state index contributed by atoms with van der Waals surface area (Å²) in [6.45, 7) is 2.31. The van der Waals surface area contributed by atoms with E-state index >= 15 is 0 Å². The third-order valence-electron chi connectivity index (χ3n) is 8.24. The second-order valence-electron chi connectivity index (χ2n) is 10.7. The number of nitrogens with one attached hydrogen (secondary N) is 2. The normalized spacial score (nSPS) is 20.5. The highest BCUT2D eigenvalue weighted by Crippen LogP contribution is 2.49. The van der Waals surface area contributed by atoms with Crippen molar-refractivity contribution in [2.24, 2.45) is 11.8 Å². The van der Waals surface area contributed by atoms with Gasteiger partial charge in [-0.2, -0.15) is 0 Å². The van der Waals surface area contributed by atoms with Gasteiger partial charge in [0.15, 0.2) is 0 Å². The molecule has 6 nitrogen and oxygen atoms in total. The van der Waals surface area contributed by atoms with Gasteiger partial charge in [0.1, 0.15) is 5.75 Å². The molecule has 2 heterocycles. The number of rotatable bonds is 8. The minimum absolute atomic E-state index is 0.0458. The van der Waals surface area contributed by atoms with Gasteiger partial charge >= 0.3 is 0 Å². The largest absolute Gasteiger partial charge is 0.508 e. The minimum atomic E-state index is -0.0458. The smallest absolute Gasteiger partial charge is 0.220 e. The maximum absolute atomic E-state index is 13.1. The van der Waals surface area contributed by atoms with Crippen LogP contribution in [0.15, 0.2) is 114 Å². The van der Waals surface area contributed by atoms with Gasteiger partial charge in [0.2, 0.25) is 5.91 Å². The van der Waals surface area contributed by atoms with Crippen molar-refractivity contribution in [3.8, 4) is 5.75 Å². The zero-order valence-corrected chi connectivity index (χ0v) is 22.2. The number of allylic oxidation sites excluding steroid dienone is 4. The lowest BCUT2D eigenvalue weighted by atomic mass is 9.78. The molecule has 0 spiro atoms. The second-order valence-corrected chi connectivity index (χ2v) is 10.7. The molecule has 3 atom stereocenters. The number of fused-ring (bicyclic) bond motifs is 1. The Kier molecular flexibility index (Phi) is 6.93. The van der Waals surface area contributed by atoms with Crippen molar-refractivity contribution in [2.75, 3.05) is 5.01 Å². The van der Waals surface area contributed by atoms with E-state index in [4.69, 9.17) is 0 Å². The number of carbonyl (C=O) groups excluding carboxylic acids is 1. The monoisotopic (exact) mass is 518 g/mol. The standard InChI is InChI=1S/C33H34N4O2/c1-22-29-21-35-37(27-8-5-17-34-20-27)31(29)19-26-13-12-25(33(22)26)18-30(24-6-3-2-4-7-24)36-32(39)16-11-23-9-14-28(38)15-10-23/h2-10,14-15,17,19-22,25,30,35,38H,11-13,16,18H2,1H3,(H,36,39)/t22-,25+,30?/m0/s1. The topological polar surface area (TPSA) is 77.5 Å². The molecule has 0 bridgehead atoms. The summed E-state index contributed by atoms with van der Waals surface area (Å²) in [6.07, 6.45) is 12.2. The van der Waals surface area contributed by atoms with Crippen molar-refractivity contribution >= 4 is 11.6 Å². The van der Waals surface area contributed by atoms with Crippen molar-refractivity contribution in [1.82, 2.24) is 15.7 Å². The van der Waals surface area contributed by atoms with Gasteiger partial charge in [-0.05, 0) is 78.6 Å². The Hall–Kier alpha value is -4.32. The Labute approximate surface area is 229 Å². The van der Waals surface area contributed by atoms with Crippen LogP contribution < -0.4 is 15.8 Å². The van der Waals surface area contributed by atoms with Crippen LogP contribution in [0.1, 0.15) is 49.8 Å². The summed E-state index contributed by atoms with van der Waals surface area (Å²) in [5.74, 6) is 1.01. The number of benzene rings is 2. The van der Waals surface area contributed by atoms with Crippen molar-refractivity contribution in [2.45, 2.75) is 45.1 Å². The van der Waals surface area contributed by atoms with Crippen LogP contribution in [0, 0.1) is 11.8 Å². The van der Waals surface area contributed by atoms with Crippen LogP contribution >= 0.6 is 0 Å². The van der Waals surface area contributed by atoms with Crippen LogP contribution in [0.3, 0.4) is 0 Å². The van der Waals surface area contributed by atoms with Crippen molar-refractivity contribution in [3.05, 3.63) is 125 Å². The maximum atomic E-state index is 13.1. The van der Waals surface area contributed by atoms with Gasteiger partial charge in [0.05, 0.1) is 23.6 Å². The Bertz CT molecular complexity index is 1430. The number of aryl methyl sites for hydroxylation is 1. The van der Waals surface area contributed by atoms with Crippen LogP contribution in [0.2, 0.25) is 0 Å². The van der Waals surface area contributed by atoms with E-state index in [1.807, 2.05) is 42.6 Å². The van der Waals surface area contributed by atoms with Crippen molar-refractivity contribution in [1.29, 1.82) is 0 Å². The molecule has 3 aliphatic rings. The van der Waals surface area contributed by atoms with Crippen LogP contribution in [0.5, 0.6) is 5.75 Å². The van der Waals surface area contributed by atoms with E-state index in [2.05, 4.69) is 58.1 Å². The number of hydrazine groups is 1. The highest BCUT2D eigenvalue weighted by atomic mass is 16.3. The number of anilines is 1. The number of phenols is 1. The first-order chi connectivity index (χ1) is 19.1. The van der Waals surface area contributed by atoms with Gasteiger partial charge < -0.3 is 15.8 Å². The summed E-state index contributed by atoms with van der Waals surface area (Å²) in [6, 6.07) is 21.4. The van der Waals surface area contributed by atoms with E-state index in [0.29, 0.717) is 24.7 Å². The molecule has 0 fully saturated rings. The van der Waals surface area contributed by atoms with Gasteiger partial charge in [-0.15, -0.1) is 0 Å². The van der Waals surface area contributed by atoms with E-state index in [1.165, 1.54) is 22.4 Å². The summed E-state index contributed by atoms with van der Waals surface area (Å²) in [4.78, 5) is 17.4. The number of amides is 1. The van der Waals surface area contributed by atoms with Gasteiger partial charge in [0, 0.05) is 30.3 Å². The average molecular weight is 519 g/mol. The predicted molar refractivity (Wildman–Crippen MR) is 153 cm³/mol. The molecule has 0 saturated carbocycles. The lowest BCUT2D eigenvalue weighted by Gasteiger charge is -2.31. The first-order valence-electron chi connectivity index (χ1n) is 13.8. The highest BCUT2D eigenvalue weighted by molar-refractivity contribution is 5.76. The Balaban J connectivity index is 1.20. The number of aromatic nitrogens is 1. The van der Waals surface area contributed by atoms with Crippen molar-refractivity contribution < 1.29 is 9.90 Å². The fraction of sp³-hybridized carbons (Fsp3) is 0.273. The number of carbonyl (C=O) groups is 1. The molecule has 2 aliphatic carbocycles. The molecular formula is C33H34N4O2. The van der Waals surface area contributed by atoms with Crippen LogP contribution in [0.25, 0.3) is 0 Å². The summed E-state index contributed by atoms with van der Waals surface area (Å²) in [5, 5.41) is 15.0. The molecule has 0 saturated heterocycles. The lowest BCUT2D eigenvalue weighted by molar-refractivity contribution is -0.121. The number of hydrogen-bond acceptors (Lipinski definition) is 5. The third kappa shape index (κ3) is 5.19. The maximum Gasteiger partial charge on any atom is 0.220 e. The predicted octanol–water partition coefficient (Wildman–Crippen LogP) is 6.12. The molecule has 1 amide bonds. The summed E-state index contributed by atoms with van der Waals surface area (Å²) >= 11 is 0.